The summed E-state index contributed by atoms with van der Waals surface area (Å²) in [5, 5.41) is 10.4. The lowest BCUT2D eigenvalue weighted by Crippen LogP contribution is -2.41. The van der Waals surface area contributed by atoms with Crippen LogP contribution in [-0.4, -0.2) is 15.5 Å². The van der Waals surface area contributed by atoms with Gasteiger partial charge in [0.05, 0.1) is 11.9 Å². The fourth-order valence-electron chi connectivity index (χ4n) is 3.55. The van der Waals surface area contributed by atoms with Crippen LogP contribution < -0.4 is 4.90 Å². The molecule has 0 fully saturated rings. The molecule has 2 heterocycles. The number of imidazole rings is 1. The zero-order chi connectivity index (χ0) is 20.1. The van der Waals surface area contributed by atoms with Crippen LogP contribution in [0.15, 0.2) is 53.1 Å². The lowest BCUT2D eigenvalue weighted by molar-refractivity contribution is -0.123. The quantitative estimate of drug-likeness (QED) is 0.505. The van der Waals surface area contributed by atoms with Crippen molar-refractivity contribution in [1.29, 1.82) is 5.26 Å². The van der Waals surface area contributed by atoms with Gasteiger partial charge in [0.25, 0.3) is 5.91 Å². The van der Waals surface area contributed by atoms with Gasteiger partial charge in [-0.3, -0.25) is 9.36 Å². The Kier molecular flexibility index (Phi) is 4.70. The number of benzene rings is 2. The molecule has 1 aromatic heterocycles. The Balaban J connectivity index is 1.87. The molecule has 0 unspecified atom stereocenters. The SMILES string of the molecule is C[C@@]1(Cc2ccc(Br)cc2)C(=O)N(c2cc(Cl)cc(Cl)c2)c2ncc(C#N)n21. The first-order valence-corrected chi connectivity index (χ1v) is 9.92. The van der Waals surface area contributed by atoms with Crippen LogP contribution in [0.25, 0.3) is 0 Å². The Bertz CT molecular complexity index is 1120. The summed E-state index contributed by atoms with van der Waals surface area (Å²) in [7, 11) is 0. The number of hydrogen-bond acceptors (Lipinski definition) is 3. The minimum absolute atomic E-state index is 0.201. The number of carbonyl (C=O) groups is 1. The van der Waals surface area contributed by atoms with E-state index in [-0.39, 0.29) is 5.91 Å². The molecule has 1 aliphatic heterocycles. The van der Waals surface area contributed by atoms with Crippen molar-refractivity contribution >= 4 is 56.7 Å². The van der Waals surface area contributed by atoms with E-state index in [0.29, 0.717) is 33.8 Å². The van der Waals surface area contributed by atoms with Crippen molar-refractivity contribution < 1.29 is 4.79 Å². The summed E-state index contributed by atoms with van der Waals surface area (Å²) in [5.74, 6) is 0.174. The molecule has 0 aliphatic carbocycles. The summed E-state index contributed by atoms with van der Waals surface area (Å²) >= 11 is 15.7. The number of nitrogens with zero attached hydrogens (tertiary/aromatic N) is 4. The summed E-state index contributed by atoms with van der Waals surface area (Å²) < 4.78 is 2.64. The first kappa shape index (κ1) is 19.0. The number of rotatable bonds is 3. The van der Waals surface area contributed by atoms with Gasteiger partial charge in [-0.15, -0.1) is 0 Å². The third-order valence-corrected chi connectivity index (χ3v) is 5.75. The normalized spacial score (nSPS) is 18.2. The van der Waals surface area contributed by atoms with E-state index in [1.165, 1.54) is 11.1 Å². The molecule has 0 saturated carbocycles. The predicted molar refractivity (Wildman–Crippen MR) is 112 cm³/mol. The van der Waals surface area contributed by atoms with E-state index in [0.717, 1.165) is 10.0 Å². The van der Waals surface area contributed by atoms with Crippen molar-refractivity contribution in [2.45, 2.75) is 18.9 Å². The fourth-order valence-corrected chi connectivity index (χ4v) is 4.33. The van der Waals surface area contributed by atoms with E-state index < -0.39 is 5.54 Å². The first-order chi connectivity index (χ1) is 13.3. The summed E-state index contributed by atoms with van der Waals surface area (Å²) in [6.07, 6.45) is 1.88. The predicted octanol–water partition coefficient (Wildman–Crippen LogP) is 5.46. The second-order valence-corrected chi connectivity index (χ2v) is 8.52. The Morgan fingerprint density at radius 2 is 1.82 bits per heavy atom. The molecule has 28 heavy (non-hydrogen) atoms. The van der Waals surface area contributed by atoms with Crippen LogP contribution in [0.5, 0.6) is 0 Å². The van der Waals surface area contributed by atoms with Crippen LogP contribution in [0.1, 0.15) is 18.2 Å². The van der Waals surface area contributed by atoms with Crippen LogP contribution in [0.3, 0.4) is 0 Å². The second kappa shape index (κ2) is 6.93. The number of halogens is 3. The maximum absolute atomic E-state index is 13.6. The standard InChI is InChI=1S/C20H13BrCl2N4O/c1-20(9-12-2-4-13(21)5-3-12)18(28)26(16-7-14(22)6-15(23)8-16)19-25-11-17(10-24)27(19)20/h2-8,11H,9H2,1H3/t20-/m1/s1. The minimum Gasteiger partial charge on any atom is -0.286 e. The molecule has 0 bridgehead atoms. The van der Waals surface area contributed by atoms with Crippen molar-refractivity contribution in [3.05, 3.63) is 74.4 Å². The molecule has 5 nitrogen and oxygen atoms in total. The lowest BCUT2D eigenvalue weighted by atomic mass is 9.91. The van der Waals surface area contributed by atoms with Crippen molar-refractivity contribution in [3.8, 4) is 6.07 Å². The average Bonchev–Trinajstić information content (AvgIpc) is 3.15. The molecule has 8 heteroatoms. The monoisotopic (exact) mass is 474 g/mol. The molecule has 1 atom stereocenters. The van der Waals surface area contributed by atoms with Crippen LogP contribution in [-0.2, 0) is 16.8 Å². The third kappa shape index (κ3) is 3.00. The van der Waals surface area contributed by atoms with Gasteiger partial charge in [-0.2, -0.15) is 5.26 Å². The van der Waals surface area contributed by atoms with Crippen LogP contribution >= 0.6 is 39.1 Å². The fraction of sp³-hybridized carbons (Fsp3) is 0.150. The highest BCUT2D eigenvalue weighted by Gasteiger charge is 2.50. The molecule has 0 N–H and O–H groups in total. The summed E-state index contributed by atoms with van der Waals surface area (Å²) in [6, 6.07) is 14.8. The van der Waals surface area contributed by atoms with E-state index in [1.54, 1.807) is 22.8 Å². The maximum atomic E-state index is 13.6. The molecule has 1 amide bonds. The molecule has 2 aromatic carbocycles. The zero-order valence-corrected chi connectivity index (χ0v) is 17.8. The molecular formula is C20H13BrCl2N4O. The molecule has 4 rings (SSSR count). The first-order valence-electron chi connectivity index (χ1n) is 8.37. The number of nitriles is 1. The van der Waals surface area contributed by atoms with E-state index in [2.05, 4.69) is 27.0 Å². The van der Waals surface area contributed by atoms with Gasteiger partial charge < -0.3 is 0 Å². The summed E-state index contributed by atoms with van der Waals surface area (Å²) in [6.45, 7) is 1.82. The zero-order valence-electron chi connectivity index (χ0n) is 14.7. The number of hydrogen-bond donors (Lipinski definition) is 0. The summed E-state index contributed by atoms with van der Waals surface area (Å²) in [5.41, 5.74) is 0.782. The van der Waals surface area contributed by atoms with Gasteiger partial charge in [-0.05, 0) is 42.8 Å². The molecule has 0 saturated heterocycles. The van der Waals surface area contributed by atoms with Gasteiger partial charge in [0, 0.05) is 20.9 Å². The number of anilines is 2. The minimum atomic E-state index is -1.01. The summed E-state index contributed by atoms with van der Waals surface area (Å²) in [4.78, 5) is 19.4. The van der Waals surface area contributed by atoms with Crippen molar-refractivity contribution in [2.75, 3.05) is 4.90 Å². The number of fused-ring (bicyclic) bond motifs is 1. The highest BCUT2D eigenvalue weighted by atomic mass is 79.9. The topological polar surface area (TPSA) is 61.9 Å². The number of carbonyl (C=O) groups excluding carboxylic acids is 1. The van der Waals surface area contributed by atoms with Gasteiger partial charge >= 0.3 is 0 Å². The molecule has 3 aromatic rings. The Morgan fingerprint density at radius 3 is 2.43 bits per heavy atom. The lowest BCUT2D eigenvalue weighted by Gasteiger charge is -2.25. The third-order valence-electron chi connectivity index (χ3n) is 4.78. The van der Waals surface area contributed by atoms with Crippen molar-refractivity contribution in [1.82, 2.24) is 9.55 Å². The molecule has 140 valence electrons. The Labute approximate surface area is 180 Å². The smallest absolute Gasteiger partial charge is 0.260 e. The Hall–Kier alpha value is -2.33. The van der Waals surface area contributed by atoms with Gasteiger partial charge in [0.1, 0.15) is 17.3 Å². The van der Waals surface area contributed by atoms with Gasteiger partial charge in [0.15, 0.2) is 0 Å². The average molecular weight is 476 g/mol. The largest absolute Gasteiger partial charge is 0.286 e. The van der Waals surface area contributed by atoms with E-state index in [9.17, 15) is 10.1 Å². The Morgan fingerprint density at radius 1 is 1.18 bits per heavy atom. The van der Waals surface area contributed by atoms with Crippen LogP contribution in [0, 0.1) is 11.3 Å². The highest BCUT2D eigenvalue weighted by molar-refractivity contribution is 9.10. The number of aromatic nitrogens is 2. The van der Waals surface area contributed by atoms with Gasteiger partial charge in [-0.25, -0.2) is 9.88 Å². The van der Waals surface area contributed by atoms with Gasteiger partial charge in [-0.1, -0.05) is 51.3 Å². The molecule has 1 aliphatic rings. The van der Waals surface area contributed by atoms with Gasteiger partial charge in [0.2, 0.25) is 5.95 Å². The van der Waals surface area contributed by atoms with Crippen LogP contribution in [0.4, 0.5) is 11.6 Å². The van der Waals surface area contributed by atoms with E-state index in [1.807, 2.05) is 31.2 Å². The van der Waals surface area contributed by atoms with E-state index in [4.69, 9.17) is 23.2 Å². The molecule has 0 radical (unpaired) electrons. The van der Waals surface area contributed by atoms with E-state index >= 15 is 0 Å². The molecular weight excluding hydrogens is 463 g/mol. The van der Waals surface area contributed by atoms with Crippen LogP contribution in [0.2, 0.25) is 10.0 Å². The number of amides is 1. The maximum Gasteiger partial charge on any atom is 0.260 e. The van der Waals surface area contributed by atoms with Crippen molar-refractivity contribution in [3.63, 3.8) is 0 Å². The molecule has 0 spiro atoms. The highest BCUT2D eigenvalue weighted by Crippen LogP contribution is 2.43. The van der Waals surface area contributed by atoms with Crippen molar-refractivity contribution in [2.24, 2.45) is 0 Å². The second-order valence-electron chi connectivity index (χ2n) is 6.74.